The summed E-state index contributed by atoms with van der Waals surface area (Å²) in [4.78, 5) is 25.3. The first-order valence-corrected chi connectivity index (χ1v) is 14.4. The van der Waals surface area contributed by atoms with E-state index in [2.05, 4.69) is 20.1 Å². The van der Waals surface area contributed by atoms with E-state index in [-0.39, 0.29) is 23.1 Å². The summed E-state index contributed by atoms with van der Waals surface area (Å²) < 4.78 is 213. The molecule has 2 heterocycles. The molecule has 0 bridgehead atoms. The van der Waals surface area contributed by atoms with Crippen molar-refractivity contribution in [3.05, 3.63) is 58.7 Å². The summed E-state index contributed by atoms with van der Waals surface area (Å²) in [5.41, 5.74) is -6.18. The van der Waals surface area contributed by atoms with Gasteiger partial charge in [0.15, 0.2) is 0 Å². The monoisotopic (exact) mass is 790 g/mol. The third kappa shape index (κ3) is 7.87. The maximum absolute atomic E-state index is 15.1. The SMILES string of the molecule is CC[C@@H]1C[C@H](N(Cc2cc(C(F)(F)F)cc(C(F)(F)F)c2)c2nnn(C)n2)c2cc(OC(F)(F)F)ccc2N1C(=O)C(F)(F)C(F)(F)C(F)(F)C(=O)O. The predicted octanol–water partition coefficient (Wildman–Crippen LogP) is 7.40. The van der Waals surface area contributed by atoms with Crippen LogP contribution < -0.4 is 14.5 Å². The van der Waals surface area contributed by atoms with E-state index in [1.165, 1.54) is 0 Å². The second-order valence-electron chi connectivity index (χ2n) is 11.4. The molecular weight excluding hydrogens is 769 g/mol. The van der Waals surface area contributed by atoms with Crippen LogP contribution in [0.15, 0.2) is 36.4 Å². The molecule has 25 heteroatoms. The molecule has 1 N–H and O–H groups in total. The highest BCUT2D eigenvalue weighted by atomic mass is 19.4. The lowest BCUT2D eigenvalue weighted by Crippen LogP contribution is -2.65. The van der Waals surface area contributed by atoms with Crippen molar-refractivity contribution in [3.8, 4) is 5.75 Å². The number of ether oxygens (including phenoxy) is 1. The third-order valence-corrected chi connectivity index (χ3v) is 7.86. The zero-order valence-electron chi connectivity index (χ0n) is 26.3. The molecule has 1 aromatic heterocycles. The lowest BCUT2D eigenvalue weighted by molar-refractivity contribution is -0.292. The maximum Gasteiger partial charge on any atom is 0.573 e. The Hall–Kier alpha value is -5.00. The maximum atomic E-state index is 15.1. The minimum absolute atomic E-state index is 0.205. The lowest BCUT2D eigenvalue weighted by Gasteiger charge is -2.45. The number of aliphatic carboxylic acids is 1. The van der Waals surface area contributed by atoms with Crippen LogP contribution >= 0.6 is 0 Å². The van der Waals surface area contributed by atoms with Gasteiger partial charge in [0, 0.05) is 23.8 Å². The first-order valence-electron chi connectivity index (χ1n) is 14.4. The number of nitrogens with zero attached hydrogens (tertiary/aromatic N) is 6. The van der Waals surface area contributed by atoms with E-state index in [1.807, 2.05) is 0 Å². The van der Waals surface area contributed by atoms with E-state index in [0.717, 1.165) is 23.7 Å². The minimum Gasteiger partial charge on any atom is -0.477 e. The van der Waals surface area contributed by atoms with Gasteiger partial charge in [0.05, 0.1) is 24.2 Å². The van der Waals surface area contributed by atoms with Crippen LogP contribution in [-0.4, -0.2) is 67.4 Å². The van der Waals surface area contributed by atoms with E-state index < -0.39 is 119 Å². The number of carbonyl (C=O) groups excluding carboxylic acids is 1. The summed E-state index contributed by atoms with van der Waals surface area (Å²) in [6, 6.07) is -2.05. The number of benzene rings is 2. The smallest absolute Gasteiger partial charge is 0.477 e. The Bertz CT molecular complexity index is 1830. The highest BCUT2D eigenvalue weighted by Crippen LogP contribution is 2.51. The first kappa shape index (κ1) is 40.8. The Balaban J connectivity index is 1.98. The molecule has 0 fully saturated rings. The van der Waals surface area contributed by atoms with Crippen molar-refractivity contribution in [2.75, 3.05) is 9.80 Å². The number of aromatic nitrogens is 4. The molecule has 1 amide bonds. The summed E-state index contributed by atoms with van der Waals surface area (Å²) >= 11 is 0. The Morgan fingerprint density at radius 3 is 1.89 bits per heavy atom. The van der Waals surface area contributed by atoms with Crippen molar-refractivity contribution in [1.82, 2.24) is 20.2 Å². The fourth-order valence-electron chi connectivity index (χ4n) is 5.46. The number of aryl methyl sites for hydroxylation is 1. The topological polar surface area (TPSA) is 114 Å². The number of fused-ring (bicyclic) bond motifs is 1. The average molecular weight is 790 g/mol. The molecule has 1 aliphatic heterocycles. The summed E-state index contributed by atoms with van der Waals surface area (Å²) in [6.45, 7) is 0.0558. The number of carboxylic acid groups (broad SMARTS) is 1. The van der Waals surface area contributed by atoms with Crippen molar-refractivity contribution in [2.45, 2.75) is 74.9 Å². The van der Waals surface area contributed by atoms with Gasteiger partial charge >= 0.3 is 48.4 Å². The molecule has 2 atom stereocenters. The molecule has 3 aromatic rings. The number of hydrogen-bond acceptors (Lipinski definition) is 7. The highest BCUT2D eigenvalue weighted by Gasteiger charge is 2.79. The third-order valence-electron chi connectivity index (χ3n) is 7.86. The van der Waals surface area contributed by atoms with E-state index in [9.17, 15) is 66.7 Å². The number of hydrogen-bond donors (Lipinski definition) is 1. The van der Waals surface area contributed by atoms with Crippen LogP contribution in [0.25, 0.3) is 0 Å². The molecule has 53 heavy (non-hydrogen) atoms. The fraction of sp³-hybridized carbons (Fsp3) is 0.464. The summed E-state index contributed by atoms with van der Waals surface area (Å²) in [6.07, 6.45) is -17.6. The lowest BCUT2D eigenvalue weighted by atomic mass is 9.87. The van der Waals surface area contributed by atoms with E-state index in [4.69, 9.17) is 5.11 Å². The summed E-state index contributed by atoms with van der Waals surface area (Å²) in [7, 11) is 1.13. The molecule has 0 unspecified atom stereocenters. The van der Waals surface area contributed by atoms with Gasteiger partial charge in [-0.2, -0.15) is 57.5 Å². The zero-order valence-corrected chi connectivity index (χ0v) is 26.3. The molecule has 0 aliphatic carbocycles. The fourth-order valence-corrected chi connectivity index (χ4v) is 5.46. The second-order valence-corrected chi connectivity index (χ2v) is 11.4. The first-order chi connectivity index (χ1) is 24.0. The van der Waals surface area contributed by atoms with Gasteiger partial charge in [0.2, 0.25) is 0 Å². The normalized spacial score (nSPS) is 17.4. The van der Waals surface area contributed by atoms with Gasteiger partial charge in [-0.3, -0.25) is 4.79 Å². The molecular formula is C28H21F15N6O4. The van der Waals surface area contributed by atoms with Crippen LogP contribution in [0.1, 0.15) is 48.1 Å². The van der Waals surface area contributed by atoms with Gasteiger partial charge < -0.3 is 19.6 Å². The second kappa shape index (κ2) is 13.4. The van der Waals surface area contributed by atoms with Crippen molar-refractivity contribution < 1.29 is 85.3 Å². The van der Waals surface area contributed by atoms with Crippen LogP contribution in [0.4, 0.5) is 77.5 Å². The molecule has 0 radical (unpaired) electrons. The zero-order chi connectivity index (χ0) is 40.3. The molecule has 292 valence electrons. The Labute approximate surface area is 285 Å². The number of rotatable bonds is 10. The van der Waals surface area contributed by atoms with Crippen molar-refractivity contribution >= 4 is 23.5 Å². The number of amides is 1. The van der Waals surface area contributed by atoms with Gasteiger partial charge in [-0.1, -0.05) is 12.0 Å². The molecule has 1 aliphatic rings. The van der Waals surface area contributed by atoms with Gasteiger partial charge in [-0.25, -0.2) is 4.79 Å². The molecule has 0 saturated heterocycles. The Morgan fingerprint density at radius 1 is 0.868 bits per heavy atom. The number of tetrazole rings is 1. The van der Waals surface area contributed by atoms with Gasteiger partial charge in [-0.15, -0.1) is 18.3 Å². The number of anilines is 2. The van der Waals surface area contributed by atoms with Crippen molar-refractivity contribution in [3.63, 3.8) is 0 Å². The van der Waals surface area contributed by atoms with Crippen molar-refractivity contribution in [2.24, 2.45) is 7.05 Å². The van der Waals surface area contributed by atoms with Crippen LogP contribution in [0.5, 0.6) is 5.75 Å². The van der Waals surface area contributed by atoms with E-state index in [1.54, 1.807) is 0 Å². The van der Waals surface area contributed by atoms with Gasteiger partial charge in [-0.05, 0) is 60.0 Å². The largest absolute Gasteiger partial charge is 0.573 e. The van der Waals surface area contributed by atoms with Crippen LogP contribution in [0.3, 0.4) is 0 Å². The molecule has 2 aromatic carbocycles. The molecule has 10 nitrogen and oxygen atoms in total. The number of alkyl halides is 15. The number of carbonyl (C=O) groups is 2. The predicted molar refractivity (Wildman–Crippen MR) is 146 cm³/mol. The summed E-state index contributed by atoms with van der Waals surface area (Å²) in [5.74, 6) is -28.7. The van der Waals surface area contributed by atoms with Gasteiger partial charge in [0.1, 0.15) is 5.75 Å². The van der Waals surface area contributed by atoms with Crippen LogP contribution in [-0.2, 0) is 35.5 Å². The molecule has 4 rings (SSSR count). The average Bonchev–Trinajstić information content (AvgIpc) is 3.46. The van der Waals surface area contributed by atoms with E-state index in [0.29, 0.717) is 18.2 Å². The minimum atomic E-state index is -6.91. The van der Waals surface area contributed by atoms with E-state index >= 15 is 8.78 Å². The Morgan fingerprint density at radius 2 is 1.43 bits per heavy atom. The van der Waals surface area contributed by atoms with Crippen LogP contribution in [0, 0.1) is 0 Å². The quantitative estimate of drug-likeness (QED) is 0.212. The van der Waals surface area contributed by atoms with Gasteiger partial charge in [0.25, 0.3) is 5.95 Å². The highest BCUT2D eigenvalue weighted by molar-refractivity contribution is 6.01. The van der Waals surface area contributed by atoms with Crippen molar-refractivity contribution in [1.29, 1.82) is 0 Å². The molecule has 0 spiro atoms. The van der Waals surface area contributed by atoms with Crippen LogP contribution in [0.2, 0.25) is 0 Å². The molecule has 0 saturated carbocycles. The Kier molecular flexibility index (Phi) is 10.3. The number of halogens is 15. The summed E-state index contributed by atoms with van der Waals surface area (Å²) in [5, 5.41) is 19.5. The standard InChI is InChI=1S/C28H21F15N6O4/c1-3-15-9-19(48(22-44-46-47(2)45-22)11-12-6-13(25(33,34)35)8-14(7-12)26(36,37)38)17-10-16(53-28(41,42)43)4-5-18(17)49(15)20(50)23(29,30)27(39,40)24(31,32)21(51)52/h4-8,10,15,19H,3,9,11H2,1-2H3,(H,51,52)/t15-,19+/m1/s1. The number of carboxylic acids is 1.